The lowest BCUT2D eigenvalue weighted by Crippen LogP contribution is -2.00. The van der Waals surface area contributed by atoms with Crippen LogP contribution in [0, 0.1) is 17.0 Å². The molecule has 0 aliphatic carbocycles. The molecule has 1 aromatic heterocycles. The molecule has 0 atom stereocenters. The van der Waals surface area contributed by atoms with Crippen LogP contribution in [0.4, 0.5) is 5.69 Å². The van der Waals surface area contributed by atoms with Crippen LogP contribution in [0.3, 0.4) is 0 Å². The molecule has 7 heteroatoms. The molecule has 0 saturated carbocycles. The molecule has 108 valence electrons. The number of carbonyl (C=O) groups excluding carboxylic acids is 1. The number of rotatable bonds is 4. The average molecular weight is 288 g/mol. The Bertz CT molecular complexity index is 682. The first-order chi connectivity index (χ1) is 10.0. The van der Waals surface area contributed by atoms with Crippen LogP contribution in [0.2, 0.25) is 0 Å². The number of aromatic nitrogens is 1. The predicted octanol–water partition coefficient (Wildman–Crippen LogP) is 2.88. The summed E-state index contributed by atoms with van der Waals surface area (Å²) in [7, 11) is 1.29. The van der Waals surface area contributed by atoms with E-state index >= 15 is 0 Å². The highest BCUT2D eigenvalue weighted by atomic mass is 16.6. The van der Waals surface area contributed by atoms with Crippen LogP contribution in [-0.2, 0) is 4.74 Å². The third kappa shape index (κ3) is 3.33. The van der Waals surface area contributed by atoms with Gasteiger partial charge in [0.15, 0.2) is 0 Å². The summed E-state index contributed by atoms with van der Waals surface area (Å²) in [6, 6.07) is 7.43. The lowest BCUT2D eigenvalue weighted by Gasteiger charge is -2.06. The van der Waals surface area contributed by atoms with Gasteiger partial charge in [-0.05, 0) is 31.2 Å². The van der Waals surface area contributed by atoms with Gasteiger partial charge in [0.25, 0.3) is 5.69 Å². The highest BCUT2D eigenvalue weighted by Gasteiger charge is 2.13. The molecular weight excluding hydrogens is 276 g/mol. The minimum atomic E-state index is -0.496. The molecule has 2 rings (SSSR count). The summed E-state index contributed by atoms with van der Waals surface area (Å²) in [5.74, 6) is 0.0667. The number of hydrogen-bond donors (Lipinski definition) is 0. The number of ether oxygens (including phenoxy) is 2. The van der Waals surface area contributed by atoms with E-state index in [1.807, 2.05) is 0 Å². The number of nitrogens with zero attached hydrogens (tertiary/aromatic N) is 2. The molecule has 1 heterocycles. The van der Waals surface area contributed by atoms with Gasteiger partial charge in [-0.2, -0.15) is 0 Å². The fraction of sp³-hybridized carbons (Fsp3) is 0.143. The van der Waals surface area contributed by atoms with Gasteiger partial charge in [-0.3, -0.25) is 10.1 Å². The van der Waals surface area contributed by atoms with Gasteiger partial charge in [0.05, 0.1) is 23.7 Å². The second-order valence-corrected chi connectivity index (χ2v) is 4.18. The first-order valence-corrected chi connectivity index (χ1v) is 5.98. The number of methoxy groups -OCH3 is 1. The predicted molar refractivity (Wildman–Crippen MR) is 73.5 cm³/mol. The minimum Gasteiger partial charge on any atom is -0.465 e. The SMILES string of the molecule is COC(=O)c1ccc(Oc2cc([N+](=O)[O-])c(C)cn2)cc1. The van der Waals surface area contributed by atoms with Crippen molar-refractivity contribution in [3.63, 3.8) is 0 Å². The lowest BCUT2D eigenvalue weighted by atomic mass is 10.2. The van der Waals surface area contributed by atoms with Gasteiger partial charge in [-0.25, -0.2) is 9.78 Å². The van der Waals surface area contributed by atoms with Crippen LogP contribution in [-0.4, -0.2) is 23.0 Å². The van der Waals surface area contributed by atoms with Gasteiger partial charge in [-0.15, -0.1) is 0 Å². The summed E-state index contributed by atoms with van der Waals surface area (Å²) in [5.41, 5.74) is 0.771. The average Bonchev–Trinajstić information content (AvgIpc) is 2.49. The smallest absolute Gasteiger partial charge is 0.337 e. The van der Waals surface area contributed by atoms with Crippen molar-refractivity contribution in [2.45, 2.75) is 6.92 Å². The fourth-order valence-electron chi connectivity index (χ4n) is 1.64. The van der Waals surface area contributed by atoms with Crippen molar-refractivity contribution in [1.29, 1.82) is 0 Å². The summed E-state index contributed by atoms with van der Waals surface area (Å²) in [6.45, 7) is 1.60. The summed E-state index contributed by atoms with van der Waals surface area (Å²) < 4.78 is 10.0. The van der Waals surface area contributed by atoms with E-state index in [4.69, 9.17) is 4.74 Å². The van der Waals surface area contributed by atoms with Crippen LogP contribution in [0.5, 0.6) is 11.6 Å². The standard InChI is InChI=1S/C14H12N2O5/c1-9-8-15-13(7-12(9)16(18)19)21-11-5-3-10(4-6-11)14(17)20-2/h3-8H,1-2H3. The topological polar surface area (TPSA) is 91.6 Å². The Morgan fingerprint density at radius 1 is 1.29 bits per heavy atom. The summed E-state index contributed by atoms with van der Waals surface area (Å²) in [5, 5.41) is 10.8. The maximum absolute atomic E-state index is 11.3. The number of benzene rings is 1. The van der Waals surface area contributed by atoms with Crippen molar-refractivity contribution in [2.75, 3.05) is 7.11 Å². The molecule has 0 aliphatic rings. The molecule has 1 aromatic carbocycles. The zero-order chi connectivity index (χ0) is 15.4. The summed E-state index contributed by atoms with van der Waals surface area (Å²) >= 11 is 0. The number of esters is 1. The highest BCUT2D eigenvalue weighted by molar-refractivity contribution is 5.89. The van der Waals surface area contributed by atoms with Crippen LogP contribution >= 0.6 is 0 Å². The molecular formula is C14H12N2O5. The quantitative estimate of drug-likeness (QED) is 0.488. The van der Waals surface area contributed by atoms with Crippen LogP contribution < -0.4 is 4.74 Å². The third-order valence-corrected chi connectivity index (χ3v) is 2.74. The number of nitro groups is 1. The Kier molecular flexibility index (Phi) is 4.13. The molecule has 0 radical (unpaired) electrons. The summed E-state index contributed by atoms with van der Waals surface area (Å²) in [6.07, 6.45) is 1.37. The first-order valence-electron chi connectivity index (χ1n) is 5.98. The Morgan fingerprint density at radius 3 is 2.52 bits per heavy atom. The Balaban J connectivity index is 2.20. The Labute approximate surface area is 120 Å². The van der Waals surface area contributed by atoms with E-state index in [1.54, 1.807) is 19.1 Å². The van der Waals surface area contributed by atoms with E-state index in [-0.39, 0.29) is 11.6 Å². The van der Waals surface area contributed by atoms with Crippen molar-refractivity contribution in [3.05, 3.63) is 57.8 Å². The van der Waals surface area contributed by atoms with Gasteiger partial charge < -0.3 is 9.47 Å². The van der Waals surface area contributed by atoms with E-state index in [0.717, 1.165) is 0 Å². The molecule has 0 N–H and O–H groups in total. The van der Waals surface area contributed by atoms with Crippen molar-refractivity contribution in [1.82, 2.24) is 4.98 Å². The van der Waals surface area contributed by atoms with Gasteiger partial charge in [-0.1, -0.05) is 0 Å². The molecule has 7 nitrogen and oxygen atoms in total. The number of hydrogen-bond acceptors (Lipinski definition) is 6. The van der Waals surface area contributed by atoms with Crippen molar-refractivity contribution in [2.24, 2.45) is 0 Å². The van der Waals surface area contributed by atoms with E-state index in [2.05, 4.69) is 9.72 Å². The van der Waals surface area contributed by atoms with E-state index in [9.17, 15) is 14.9 Å². The molecule has 0 bridgehead atoms. The maximum atomic E-state index is 11.3. The van der Waals surface area contributed by atoms with Crippen molar-refractivity contribution < 1.29 is 19.2 Å². The molecule has 0 aliphatic heterocycles. The summed E-state index contributed by atoms with van der Waals surface area (Å²) in [4.78, 5) is 25.6. The third-order valence-electron chi connectivity index (χ3n) is 2.74. The molecule has 0 fully saturated rings. The van der Waals surface area contributed by atoms with Crippen molar-refractivity contribution >= 4 is 11.7 Å². The largest absolute Gasteiger partial charge is 0.465 e. The van der Waals surface area contributed by atoms with E-state index in [0.29, 0.717) is 16.9 Å². The van der Waals surface area contributed by atoms with Crippen LogP contribution in [0.1, 0.15) is 15.9 Å². The van der Waals surface area contributed by atoms with Crippen LogP contribution in [0.15, 0.2) is 36.5 Å². The number of aryl methyl sites for hydroxylation is 1. The van der Waals surface area contributed by atoms with Crippen LogP contribution in [0.25, 0.3) is 0 Å². The van der Waals surface area contributed by atoms with Gasteiger partial charge in [0.1, 0.15) is 5.75 Å². The van der Waals surface area contributed by atoms with Crippen molar-refractivity contribution in [3.8, 4) is 11.6 Å². The fourth-order valence-corrected chi connectivity index (χ4v) is 1.64. The zero-order valence-corrected chi connectivity index (χ0v) is 11.4. The number of pyridine rings is 1. The monoisotopic (exact) mass is 288 g/mol. The van der Waals surface area contributed by atoms with Gasteiger partial charge in [0.2, 0.25) is 5.88 Å². The molecule has 21 heavy (non-hydrogen) atoms. The van der Waals surface area contributed by atoms with Gasteiger partial charge >= 0.3 is 5.97 Å². The minimum absolute atomic E-state index is 0.0637. The Hall–Kier alpha value is -2.96. The molecule has 0 unspecified atom stereocenters. The van der Waals surface area contributed by atoms with E-state index < -0.39 is 10.9 Å². The second-order valence-electron chi connectivity index (χ2n) is 4.18. The molecule has 0 spiro atoms. The lowest BCUT2D eigenvalue weighted by molar-refractivity contribution is -0.385. The zero-order valence-electron chi connectivity index (χ0n) is 11.4. The van der Waals surface area contributed by atoms with E-state index in [1.165, 1.54) is 31.5 Å². The molecule has 0 amide bonds. The first kappa shape index (κ1) is 14.4. The molecule has 2 aromatic rings. The van der Waals surface area contributed by atoms with Gasteiger partial charge in [0, 0.05) is 11.8 Å². The maximum Gasteiger partial charge on any atom is 0.337 e. The normalized spacial score (nSPS) is 10.0. The Morgan fingerprint density at radius 2 is 1.95 bits per heavy atom. The second kappa shape index (κ2) is 6.00. The number of carbonyl (C=O) groups is 1. The molecule has 0 saturated heterocycles. The highest BCUT2D eigenvalue weighted by Crippen LogP contribution is 2.25.